The quantitative estimate of drug-likeness (QED) is 0.438. The van der Waals surface area contributed by atoms with E-state index >= 15 is 0 Å². The molecule has 1 fully saturated rings. The number of allylic oxidation sites excluding steroid dienone is 1. The zero-order valence-corrected chi connectivity index (χ0v) is 4.82. The minimum Gasteiger partial charge on any atom is -0.173 e. The van der Waals surface area contributed by atoms with Crippen LogP contribution in [0.2, 0.25) is 0 Å². The smallest absolute Gasteiger partial charge is 0.173 e. The van der Waals surface area contributed by atoms with E-state index in [0.29, 0.717) is 12.0 Å². The van der Waals surface area contributed by atoms with E-state index in [4.69, 9.17) is 0 Å². The molecule has 9 heavy (non-hydrogen) atoms. The SMILES string of the molecule is FC(F)=CC#CC1CC1. The van der Waals surface area contributed by atoms with Crippen molar-refractivity contribution in [2.24, 2.45) is 5.92 Å². The van der Waals surface area contributed by atoms with Gasteiger partial charge < -0.3 is 0 Å². The maximum absolute atomic E-state index is 11.3. The lowest BCUT2D eigenvalue weighted by atomic mass is 10.4. The molecule has 0 radical (unpaired) electrons. The van der Waals surface area contributed by atoms with Crippen molar-refractivity contribution in [3.8, 4) is 11.8 Å². The average Bonchev–Trinajstić information content (AvgIpc) is 2.48. The lowest BCUT2D eigenvalue weighted by molar-refractivity contribution is 0.422. The van der Waals surface area contributed by atoms with E-state index in [-0.39, 0.29) is 0 Å². The van der Waals surface area contributed by atoms with Crippen LogP contribution in [0, 0.1) is 17.8 Å². The zero-order valence-electron chi connectivity index (χ0n) is 4.82. The molecule has 1 aliphatic rings. The highest BCUT2D eigenvalue weighted by Crippen LogP contribution is 2.27. The molecular formula is C7H6F2. The molecule has 0 aromatic rings. The average molecular weight is 128 g/mol. The van der Waals surface area contributed by atoms with Crippen LogP contribution >= 0.6 is 0 Å². The van der Waals surface area contributed by atoms with Gasteiger partial charge in [-0.1, -0.05) is 11.8 Å². The molecule has 0 aromatic carbocycles. The van der Waals surface area contributed by atoms with Gasteiger partial charge in [0, 0.05) is 5.92 Å². The summed E-state index contributed by atoms with van der Waals surface area (Å²) in [5.41, 5.74) is 0. The molecule has 48 valence electrons. The van der Waals surface area contributed by atoms with E-state index in [0.717, 1.165) is 12.8 Å². The fourth-order valence-corrected chi connectivity index (χ4v) is 0.442. The fraction of sp³-hybridized carbons (Fsp3) is 0.429. The van der Waals surface area contributed by atoms with E-state index in [9.17, 15) is 8.78 Å². The highest BCUT2D eigenvalue weighted by molar-refractivity contribution is 5.19. The summed E-state index contributed by atoms with van der Waals surface area (Å²) in [5, 5.41) is 0. The summed E-state index contributed by atoms with van der Waals surface area (Å²) in [7, 11) is 0. The summed E-state index contributed by atoms with van der Waals surface area (Å²) in [6.45, 7) is 0. The molecule has 1 aliphatic carbocycles. The third-order valence-electron chi connectivity index (χ3n) is 1.05. The molecule has 1 saturated carbocycles. The van der Waals surface area contributed by atoms with Crippen molar-refractivity contribution in [3.05, 3.63) is 12.2 Å². The molecule has 0 amide bonds. The van der Waals surface area contributed by atoms with Crippen molar-refractivity contribution in [1.82, 2.24) is 0 Å². The molecule has 0 bridgehead atoms. The summed E-state index contributed by atoms with van der Waals surface area (Å²) in [4.78, 5) is 0. The van der Waals surface area contributed by atoms with Crippen LogP contribution in [0.5, 0.6) is 0 Å². The Bertz CT molecular complexity index is 175. The van der Waals surface area contributed by atoms with Gasteiger partial charge in [-0.15, -0.1) is 0 Å². The Labute approximate surface area is 52.6 Å². The lowest BCUT2D eigenvalue weighted by Crippen LogP contribution is -1.60. The fourth-order valence-electron chi connectivity index (χ4n) is 0.442. The summed E-state index contributed by atoms with van der Waals surface area (Å²) >= 11 is 0. The Morgan fingerprint density at radius 3 is 2.56 bits per heavy atom. The van der Waals surface area contributed by atoms with E-state index in [1.54, 1.807) is 0 Å². The molecule has 1 rings (SSSR count). The summed E-state index contributed by atoms with van der Waals surface area (Å²) in [6.07, 6.45) is 1.10. The van der Waals surface area contributed by atoms with Crippen LogP contribution in [0.1, 0.15) is 12.8 Å². The highest BCUT2D eigenvalue weighted by Gasteiger charge is 2.17. The molecule has 0 saturated heterocycles. The second kappa shape index (κ2) is 2.63. The van der Waals surface area contributed by atoms with Crippen LogP contribution in [0.3, 0.4) is 0 Å². The number of rotatable bonds is 0. The van der Waals surface area contributed by atoms with Gasteiger partial charge in [0.05, 0.1) is 6.08 Å². The third kappa shape index (κ3) is 2.86. The molecule has 0 spiro atoms. The van der Waals surface area contributed by atoms with Crippen LogP contribution in [0.25, 0.3) is 0 Å². The topological polar surface area (TPSA) is 0 Å². The standard InChI is InChI=1S/C7H6F2/c8-7(9)3-1-2-6-4-5-6/h3,6H,4-5H2. The van der Waals surface area contributed by atoms with Gasteiger partial charge in [-0.25, -0.2) is 0 Å². The number of halogens is 2. The maximum Gasteiger partial charge on any atom is 0.278 e. The third-order valence-corrected chi connectivity index (χ3v) is 1.05. The van der Waals surface area contributed by atoms with E-state index in [2.05, 4.69) is 11.8 Å². The minimum atomic E-state index is -1.71. The Morgan fingerprint density at radius 1 is 1.44 bits per heavy atom. The van der Waals surface area contributed by atoms with Gasteiger partial charge in [0.15, 0.2) is 0 Å². The van der Waals surface area contributed by atoms with Crippen LogP contribution in [0.15, 0.2) is 12.2 Å². The van der Waals surface area contributed by atoms with Crippen molar-refractivity contribution >= 4 is 0 Å². The van der Waals surface area contributed by atoms with Gasteiger partial charge in [0.1, 0.15) is 0 Å². The van der Waals surface area contributed by atoms with Crippen molar-refractivity contribution in [3.63, 3.8) is 0 Å². The predicted molar refractivity (Wildman–Crippen MR) is 30.8 cm³/mol. The van der Waals surface area contributed by atoms with Crippen molar-refractivity contribution in [1.29, 1.82) is 0 Å². The second-order valence-corrected chi connectivity index (χ2v) is 2.00. The Balaban J connectivity index is 2.32. The van der Waals surface area contributed by atoms with E-state index in [1.807, 2.05) is 0 Å². The minimum absolute atomic E-state index is 0.403. The van der Waals surface area contributed by atoms with Gasteiger partial charge >= 0.3 is 0 Å². The molecule has 0 nitrogen and oxygen atoms in total. The van der Waals surface area contributed by atoms with Gasteiger partial charge in [-0.2, -0.15) is 8.78 Å². The monoisotopic (exact) mass is 128 g/mol. The molecule has 0 aliphatic heterocycles. The van der Waals surface area contributed by atoms with Gasteiger partial charge in [-0.3, -0.25) is 0 Å². The Morgan fingerprint density at radius 2 is 2.11 bits per heavy atom. The summed E-state index contributed by atoms with van der Waals surface area (Å²) < 4.78 is 22.5. The molecule has 0 N–H and O–H groups in total. The Kier molecular flexibility index (Phi) is 1.84. The number of hydrogen-bond acceptors (Lipinski definition) is 0. The Hall–Kier alpha value is -0.840. The van der Waals surface area contributed by atoms with Crippen LogP contribution in [-0.4, -0.2) is 0 Å². The first-order chi connectivity index (χ1) is 4.29. The first kappa shape index (κ1) is 6.28. The zero-order chi connectivity index (χ0) is 6.69. The predicted octanol–water partition coefficient (Wildman–Crippen LogP) is 2.18. The second-order valence-electron chi connectivity index (χ2n) is 2.00. The van der Waals surface area contributed by atoms with E-state index < -0.39 is 6.08 Å². The van der Waals surface area contributed by atoms with Crippen LogP contribution in [-0.2, 0) is 0 Å². The largest absolute Gasteiger partial charge is 0.278 e. The van der Waals surface area contributed by atoms with Crippen LogP contribution in [0.4, 0.5) is 8.78 Å². The summed E-state index contributed by atoms with van der Waals surface area (Å²) in [6, 6.07) is 0. The molecule has 0 heterocycles. The van der Waals surface area contributed by atoms with Crippen molar-refractivity contribution in [2.75, 3.05) is 0 Å². The molecule has 0 unspecified atom stereocenters. The van der Waals surface area contributed by atoms with Crippen LogP contribution < -0.4 is 0 Å². The van der Waals surface area contributed by atoms with Crippen molar-refractivity contribution in [2.45, 2.75) is 12.8 Å². The lowest BCUT2D eigenvalue weighted by Gasteiger charge is -1.69. The highest BCUT2D eigenvalue weighted by atomic mass is 19.3. The molecule has 2 heteroatoms. The molecule has 0 aromatic heterocycles. The van der Waals surface area contributed by atoms with Crippen molar-refractivity contribution < 1.29 is 8.78 Å². The first-order valence-electron chi connectivity index (χ1n) is 2.81. The normalized spacial score (nSPS) is 15.8. The first-order valence-corrected chi connectivity index (χ1v) is 2.81. The molecule has 0 atom stereocenters. The van der Waals surface area contributed by atoms with Gasteiger partial charge in [0.25, 0.3) is 6.08 Å². The number of hydrogen-bond donors (Lipinski definition) is 0. The van der Waals surface area contributed by atoms with Gasteiger partial charge in [0.2, 0.25) is 0 Å². The van der Waals surface area contributed by atoms with E-state index in [1.165, 1.54) is 0 Å². The van der Waals surface area contributed by atoms with Gasteiger partial charge in [-0.05, 0) is 12.8 Å². The maximum atomic E-state index is 11.3. The molecular weight excluding hydrogens is 122 g/mol. The summed E-state index contributed by atoms with van der Waals surface area (Å²) in [5.74, 6) is 5.37.